The van der Waals surface area contributed by atoms with E-state index in [9.17, 15) is 13.2 Å². The average Bonchev–Trinajstić information content (AvgIpc) is 3.00. The Balaban J connectivity index is 1.60. The van der Waals surface area contributed by atoms with Gasteiger partial charge in [-0.2, -0.15) is 0 Å². The third-order valence-electron chi connectivity index (χ3n) is 4.65. The highest BCUT2D eigenvalue weighted by molar-refractivity contribution is 9.10. The van der Waals surface area contributed by atoms with E-state index in [1.165, 1.54) is 9.87 Å². The summed E-state index contributed by atoms with van der Waals surface area (Å²) >= 11 is 3.42. The molecule has 27 heavy (non-hydrogen) atoms. The van der Waals surface area contributed by atoms with Crippen LogP contribution in [-0.2, 0) is 16.4 Å². The molecule has 0 bridgehead atoms. The molecule has 2 aromatic carbocycles. The van der Waals surface area contributed by atoms with Gasteiger partial charge in [-0.3, -0.25) is 9.10 Å². The fourth-order valence-electron chi connectivity index (χ4n) is 3.15. The van der Waals surface area contributed by atoms with E-state index in [4.69, 9.17) is 0 Å². The topological polar surface area (TPSA) is 66.5 Å². The van der Waals surface area contributed by atoms with Gasteiger partial charge in [0, 0.05) is 22.6 Å². The second-order valence-electron chi connectivity index (χ2n) is 6.83. The van der Waals surface area contributed by atoms with Crippen LogP contribution >= 0.6 is 15.9 Å². The molecule has 1 atom stereocenters. The predicted molar refractivity (Wildman–Crippen MR) is 112 cm³/mol. The average molecular weight is 451 g/mol. The maximum absolute atomic E-state index is 12.6. The number of nitrogens with one attached hydrogen (secondary N) is 1. The van der Waals surface area contributed by atoms with Crippen molar-refractivity contribution in [1.29, 1.82) is 0 Å². The number of carbonyl (C=O) groups is 1. The van der Waals surface area contributed by atoms with Crippen molar-refractivity contribution in [2.24, 2.45) is 0 Å². The number of rotatable bonds is 6. The Morgan fingerprint density at radius 2 is 1.96 bits per heavy atom. The minimum absolute atomic E-state index is 0.0142. The van der Waals surface area contributed by atoms with Gasteiger partial charge in [-0.15, -0.1) is 0 Å². The maximum atomic E-state index is 12.6. The molecule has 2 aromatic rings. The van der Waals surface area contributed by atoms with E-state index in [-0.39, 0.29) is 17.7 Å². The highest BCUT2D eigenvalue weighted by Gasteiger charge is 2.28. The Bertz CT molecular complexity index is 913. The van der Waals surface area contributed by atoms with Gasteiger partial charge in [0.2, 0.25) is 10.0 Å². The number of nitrogens with zero attached hydrogens (tertiary/aromatic N) is 1. The van der Waals surface area contributed by atoms with Crippen LogP contribution in [0.5, 0.6) is 0 Å². The van der Waals surface area contributed by atoms with Crippen molar-refractivity contribution in [3.8, 4) is 0 Å². The van der Waals surface area contributed by atoms with Gasteiger partial charge in [0.05, 0.1) is 11.4 Å². The summed E-state index contributed by atoms with van der Waals surface area (Å²) in [6, 6.07) is 15.0. The monoisotopic (exact) mass is 450 g/mol. The van der Waals surface area contributed by atoms with Gasteiger partial charge in [-0.1, -0.05) is 34.1 Å². The zero-order valence-electron chi connectivity index (χ0n) is 15.2. The van der Waals surface area contributed by atoms with Crippen molar-refractivity contribution in [2.45, 2.75) is 32.2 Å². The predicted octanol–water partition coefficient (Wildman–Crippen LogP) is 3.74. The van der Waals surface area contributed by atoms with Crippen LogP contribution in [0.4, 0.5) is 5.69 Å². The van der Waals surface area contributed by atoms with Crippen LogP contribution in [0.25, 0.3) is 0 Å². The van der Waals surface area contributed by atoms with Crippen LogP contribution in [0.2, 0.25) is 0 Å². The fourth-order valence-corrected chi connectivity index (χ4v) is 4.97. The minimum Gasteiger partial charge on any atom is -0.350 e. The Morgan fingerprint density at radius 3 is 2.63 bits per heavy atom. The van der Waals surface area contributed by atoms with Gasteiger partial charge in [0.25, 0.3) is 5.91 Å². The van der Waals surface area contributed by atoms with Crippen LogP contribution in [0, 0.1) is 0 Å². The first-order valence-corrected chi connectivity index (χ1v) is 11.4. The number of benzene rings is 2. The van der Waals surface area contributed by atoms with Crippen molar-refractivity contribution in [3.05, 3.63) is 64.1 Å². The van der Waals surface area contributed by atoms with E-state index >= 15 is 0 Å². The summed E-state index contributed by atoms with van der Waals surface area (Å²) in [5, 5.41) is 3.00. The summed E-state index contributed by atoms with van der Waals surface area (Å²) in [7, 11) is -3.25. The molecular formula is C20H23BrN2O3S. The summed E-state index contributed by atoms with van der Waals surface area (Å²) in [4.78, 5) is 12.6. The lowest BCUT2D eigenvalue weighted by Gasteiger charge is -2.18. The molecule has 0 spiro atoms. The van der Waals surface area contributed by atoms with E-state index in [0.29, 0.717) is 24.2 Å². The maximum Gasteiger partial charge on any atom is 0.251 e. The first-order valence-electron chi connectivity index (χ1n) is 9.01. The molecule has 1 heterocycles. The SMILES string of the molecule is CC(CCc1ccc(Br)cc1)NC(=O)c1cccc(N2CCCS2(=O)=O)c1. The van der Waals surface area contributed by atoms with Gasteiger partial charge >= 0.3 is 0 Å². The largest absolute Gasteiger partial charge is 0.350 e. The Hall–Kier alpha value is -1.86. The Labute approximate surface area is 169 Å². The second kappa shape index (κ2) is 8.44. The highest BCUT2D eigenvalue weighted by atomic mass is 79.9. The van der Waals surface area contributed by atoms with Crippen LogP contribution in [0.15, 0.2) is 53.0 Å². The fraction of sp³-hybridized carbons (Fsp3) is 0.350. The number of aryl methyl sites for hydroxylation is 1. The quantitative estimate of drug-likeness (QED) is 0.728. The van der Waals surface area contributed by atoms with Crippen molar-refractivity contribution in [2.75, 3.05) is 16.6 Å². The lowest BCUT2D eigenvalue weighted by atomic mass is 10.1. The second-order valence-corrected chi connectivity index (χ2v) is 9.76. The summed E-state index contributed by atoms with van der Waals surface area (Å²) in [5.41, 5.74) is 2.26. The zero-order valence-corrected chi connectivity index (χ0v) is 17.6. The normalized spacial score (nSPS) is 16.9. The smallest absolute Gasteiger partial charge is 0.251 e. The molecule has 3 rings (SSSR count). The molecule has 1 fully saturated rings. The number of hydrogen-bond acceptors (Lipinski definition) is 3. The number of sulfonamides is 1. The van der Waals surface area contributed by atoms with E-state index in [0.717, 1.165) is 17.3 Å². The van der Waals surface area contributed by atoms with Gasteiger partial charge in [0.15, 0.2) is 0 Å². The molecule has 0 saturated carbocycles. The molecule has 7 heteroatoms. The van der Waals surface area contributed by atoms with Crippen molar-refractivity contribution < 1.29 is 13.2 Å². The van der Waals surface area contributed by atoms with Crippen LogP contribution in [0.1, 0.15) is 35.7 Å². The zero-order chi connectivity index (χ0) is 19.4. The third kappa shape index (κ3) is 5.11. The summed E-state index contributed by atoms with van der Waals surface area (Å²) < 4.78 is 26.6. The first-order chi connectivity index (χ1) is 12.8. The minimum atomic E-state index is -3.25. The van der Waals surface area contributed by atoms with Gasteiger partial charge < -0.3 is 5.32 Å². The summed E-state index contributed by atoms with van der Waals surface area (Å²) in [6.07, 6.45) is 2.32. The molecule has 1 saturated heterocycles. The molecular weight excluding hydrogens is 428 g/mol. The standard InChI is InChI=1S/C20H23BrN2O3S/c1-15(6-7-16-8-10-18(21)11-9-16)22-20(24)17-4-2-5-19(14-17)23-12-3-13-27(23,25)26/h2,4-5,8-11,14-15H,3,6-7,12-13H2,1H3,(H,22,24). The lowest BCUT2D eigenvalue weighted by molar-refractivity contribution is 0.0938. The van der Waals surface area contributed by atoms with E-state index in [1.54, 1.807) is 24.3 Å². The number of amides is 1. The Morgan fingerprint density at radius 1 is 1.22 bits per heavy atom. The van der Waals surface area contributed by atoms with Crippen LogP contribution in [-0.4, -0.2) is 32.7 Å². The molecule has 0 radical (unpaired) electrons. The number of hydrogen-bond donors (Lipinski definition) is 1. The molecule has 1 N–H and O–H groups in total. The first kappa shape index (κ1) is 19.9. The molecule has 0 aromatic heterocycles. The van der Waals surface area contributed by atoms with E-state index in [2.05, 4.69) is 33.4 Å². The molecule has 1 aliphatic rings. The number of carbonyl (C=O) groups excluding carboxylic acids is 1. The third-order valence-corrected chi connectivity index (χ3v) is 7.05. The molecule has 1 amide bonds. The van der Waals surface area contributed by atoms with Gasteiger partial charge in [-0.05, 0) is 62.1 Å². The molecule has 5 nitrogen and oxygen atoms in total. The van der Waals surface area contributed by atoms with Gasteiger partial charge in [0.1, 0.15) is 0 Å². The van der Waals surface area contributed by atoms with Crippen molar-refractivity contribution >= 4 is 37.5 Å². The summed E-state index contributed by atoms with van der Waals surface area (Å²) in [6.45, 7) is 2.45. The molecule has 1 unspecified atom stereocenters. The van der Waals surface area contributed by atoms with Crippen LogP contribution < -0.4 is 9.62 Å². The lowest BCUT2D eigenvalue weighted by Crippen LogP contribution is -2.33. The van der Waals surface area contributed by atoms with Crippen molar-refractivity contribution in [1.82, 2.24) is 5.32 Å². The Kier molecular flexibility index (Phi) is 6.22. The molecule has 0 aliphatic carbocycles. The number of halogens is 1. The van der Waals surface area contributed by atoms with E-state index in [1.807, 2.05) is 19.1 Å². The highest BCUT2D eigenvalue weighted by Crippen LogP contribution is 2.24. The molecule has 144 valence electrons. The number of anilines is 1. The van der Waals surface area contributed by atoms with E-state index < -0.39 is 10.0 Å². The van der Waals surface area contributed by atoms with Crippen LogP contribution in [0.3, 0.4) is 0 Å². The molecule has 1 aliphatic heterocycles. The van der Waals surface area contributed by atoms with Gasteiger partial charge in [-0.25, -0.2) is 8.42 Å². The summed E-state index contributed by atoms with van der Waals surface area (Å²) in [5.74, 6) is -0.0204. The van der Waals surface area contributed by atoms with Crippen molar-refractivity contribution in [3.63, 3.8) is 0 Å².